The van der Waals surface area contributed by atoms with E-state index in [4.69, 9.17) is 0 Å². The van der Waals surface area contributed by atoms with Gasteiger partial charge in [-0.15, -0.1) is 0 Å². The van der Waals surface area contributed by atoms with Crippen molar-refractivity contribution in [1.29, 1.82) is 0 Å². The highest BCUT2D eigenvalue weighted by Crippen LogP contribution is 2.16. The number of amides is 1. The minimum absolute atomic E-state index is 0.137. The summed E-state index contributed by atoms with van der Waals surface area (Å²) in [5.74, 6) is -0.762. The molecule has 0 bridgehead atoms. The summed E-state index contributed by atoms with van der Waals surface area (Å²) in [6.07, 6.45) is -4.34. The van der Waals surface area contributed by atoms with Gasteiger partial charge in [0.25, 0.3) is 5.91 Å². The highest BCUT2D eigenvalue weighted by Gasteiger charge is 2.27. The van der Waals surface area contributed by atoms with Crippen molar-refractivity contribution in [2.24, 2.45) is 0 Å². The summed E-state index contributed by atoms with van der Waals surface area (Å²) in [7, 11) is 0. The molecule has 0 saturated heterocycles. The van der Waals surface area contributed by atoms with Crippen LogP contribution in [0.4, 0.5) is 17.6 Å². The van der Waals surface area contributed by atoms with E-state index in [9.17, 15) is 22.4 Å². The Bertz CT molecular complexity index is 666. The van der Waals surface area contributed by atoms with Gasteiger partial charge >= 0.3 is 6.18 Å². The van der Waals surface area contributed by atoms with E-state index < -0.39 is 18.6 Å². The SMILES string of the molecule is O=C(NCc1ccc(COCC(F)(F)F)cc1)c1ccc(F)cc1. The third kappa shape index (κ3) is 6.00. The molecule has 0 aliphatic rings. The van der Waals surface area contributed by atoms with Gasteiger partial charge in [-0.05, 0) is 35.4 Å². The Balaban J connectivity index is 1.81. The number of carbonyl (C=O) groups excluding carboxylic acids is 1. The minimum atomic E-state index is -4.34. The lowest BCUT2D eigenvalue weighted by Gasteiger charge is -2.09. The van der Waals surface area contributed by atoms with Crippen LogP contribution in [0.1, 0.15) is 21.5 Å². The van der Waals surface area contributed by atoms with E-state index in [2.05, 4.69) is 10.1 Å². The third-order valence-electron chi connectivity index (χ3n) is 3.12. The molecule has 0 aliphatic heterocycles. The average molecular weight is 341 g/mol. The summed E-state index contributed by atoms with van der Waals surface area (Å²) in [6.45, 7) is -1.18. The summed E-state index contributed by atoms with van der Waals surface area (Å²) in [5, 5.41) is 2.68. The highest BCUT2D eigenvalue weighted by molar-refractivity contribution is 5.94. The van der Waals surface area contributed by atoms with Gasteiger partial charge in [-0.3, -0.25) is 4.79 Å². The van der Waals surface area contributed by atoms with E-state index in [1.165, 1.54) is 24.3 Å². The molecule has 2 aromatic rings. The van der Waals surface area contributed by atoms with E-state index in [0.29, 0.717) is 11.1 Å². The van der Waals surface area contributed by atoms with Crippen LogP contribution in [0.3, 0.4) is 0 Å². The van der Waals surface area contributed by atoms with Crippen molar-refractivity contribution in [3.05, 3.63) is 71.0 Å². The fraction of sp³-hybridized carbons (Fsp3) is 0.235. The molecule has 0 spiro atoms. The van der Waals surface area contributed by atoms with Gasteiger partial charge < -0.3 is 10.1 Å². The maximum Gasteiger partial charge on any atom is 0.411 e. The van der Waals surface area contributed by atoms with Gasteiger partial charge in [0.15, 0.2) is 0 Å². The second kappa shape index (κ2) is 7.92. The van der Waals surface area contributed by atoms with Crippen LogP contribution in [0.5, 0.6) is 0 Å². The molecule has 0 atom stereocenters. The zero-order valence-electron chi connectivity index (χ0n) is 12.6. The molecule has 0 aliphatic carbocycles. The van der Waals surface area contributed by atoms with E-state index >= 15 is 0 Å². The molecule has 0 aromatic heterocycles. The molecule has 2 rings (SSSR count). The Morgan fingerprint density at radius 1 is 0.958 bits per heavy atom. The van der Waals surface area contributed by atoms with Crippen molar-refractivity contribution in [1.82, 2.24) is 5.32 Å². The first-order valence-corrected chi connectivity index (χ1v) is 7.09. The molecule has 3 nitrogen and oxygen atoms in total. The number of ether oxygens (including phenoxy) is 1. The largest absolute Gasteiger partial charge is 0.411 e. The minimum Gasteiger partial charge on any atom is -0.367 e. The number of carbonyl (C=O) groups is 1. The smallest absolute Gasteiger partial charge is 0.367 e. The predicted molar refractivity (Wildman–Crippen MR) is 79.7 cm³/mol. The van der Waals surface area contributed by atoms with Crippen LogP contribution in [0.2, 0.25) is 0 Å². The van der Waals surface area contributed by atoms with Crippen molar-refractivity contribution in [2.75, 3.05) is 6.61 Å². The Morgan fingerprint density at radius 2 is 1.54 bits per heavy atom. The van der Waals surface area contributed by atoms with Crippen molar-refractivity contribution in [3.8, 4) is 0 Å². The molecule has 0 heterocycles. The Kier molecular flexibility index (Phi) is 5.92. The normalized spacial score (nSPS) is 11.3. The maximum absolute atomic E-state index is 12.8. The molecule has 0 radical (unpaired) electrons. The average Bonchev–Trinajstić information content (AvgIpc) is 2.53. The van der Waals surface area contributed by atoms with Gasteiger partial charge in [0, 0.05) is 12.1 Å². The second-order valence-corrected chi connectivity index (χ2v) is 5.11. The lowest BCUT2D eigenvalue weighted by atomic mass is 10.1. The van der Waals surface area contributed by atoms with Crippen LogP contribution in [0.25, 0.3) is 0 Å². The van der Waals surface area contributed by atoms with E-state index in [1.807, 2.05) is 0 Å². The lowest BCUT2D eigenvalue weighted by Crippen LogP contribution is -2.22. The zero-order chi connectivity index (χ0) is 17.6. The Hall–Kier alpha value is -2.41. The van der Waals surface area contributed by atoms with E-state index in [1.54, 1.807) is 24.3 Å². The molecule has 0 unspecified atom stereocenters. The summed E-state index contributed by atoms with van der Waals surface area (Å²) < 4.78 is 53.3. The van der Waals surface area contributed by atoms with Crippen LogP contribution in [-0.4, -0.2) is 18.7 Å². The zero-order valence-corrected chi connectivity index (χ0v) is 12.6. The van der Waals surface area contributed by atoms with Gasteiger partial charge in [0.2, 0.25) is 0 Å². The molecule has 0 saturated carbocycles. The predicted octanol–water partition coefficient (Wildman–Crippen LogP) is 3.83. The number of nitrogens with one attached hydrogen (secondary N) is 1. The molecular formula is C17H15F4NO2. The monoisotopic (exact) mass is 341 g/mol. The van der Waals surface area contributed by atoms with Crippen molar-refractivity contribution < 1.29 is 27.1 Å². The van der Waals surface area contributed by atoms with Crippen molar-refractivity contribution in [3.63, 3.8) is 0 Å². The van der Waals surface area contributed by atoms with Gasteiger partial charge in [0.1, 0.15) is 12.4 Å². The Morgan fingerprint density at radius 3 is 2.12 bits per heavy atom. The van der Waals surface area contributed by atoms with Crippen molar-refractivity contribution >= 4 is 5.91 Å². The molecule has 24 heavy (non-hydrogen) atoms. The standard InChI is InChI=1S/C17H15F4NO2/c18-15-7-5-14(6-8-15)16(23)22-9-12-1-3-13(4-2-12)10-24-11-17(19,20)21/h1-8H,9-11H2,(H,22,23). The number of halogens is 4. The molecule has 0 fully saturated rings. The lowest BCUT2D eigenvalue weighted by molar-refractivity contribution is -0.176. The third-order valence-corrected chi connectivity index (χ3v) is 3.12. The van der Waals surface area contributed by atoms with Gasteiger partial charge in [0.05, 0.1) is 6.61 Å². The summed E-state index contributed by atoms with van der Waals surface area (Å²) in [5.41, 5.74) is 1.73. The Labute approximate surface area is 136 Å². The van der Waals surface area contributed by atoms with E-state index in [-0.39, 0.29) is 19.1 Å². The van der Waals surface area contributed by atoms with Crippen molar-refractivity contribution in [2.45, 2.75) is 19.3 Å². The first-order chi connectivity index (χ1) is 11.3. The van der Waals surface area contributed by atoms with Crippen LogP contribution in [0.15, 0.2) is 48.5 Å². The van der Waals surface area contributed by atoms with Crippen LogP contribution >= 0.6 is 0 Å². The maximum atomic E-state index is 12.8. The fourth-order valence-corrected chi connectivity index (χ4v) is 1.92. The first-order valence-electron chi connectivity index (χ1n) is 7.09. The second-order valence-electron chi connectivity index (χ2n) is 5.11. The van der Waals surface area contributed by atoms with Crippen LogP contribution < -0.4 is 5.32 Å². The van der Waals surface area contributed by atoms with Gasteiger partial charge in [-0.2, -0.15) is 13.2 Å². The van der Waals surface area contributed by atoms with Crippen LogP contribution in [0, 0.1) is 5.82 Å². The highest BCUT2D eigenvalue weighted by atomic mass is 19.4. The number of hydrogen-bond acceptors (Lipinski definition) is 2. The molecular weight excluding hydrogens is 326 g/mol. The molecule has 1 amide bonds. The quantitative estimate of drug-likeness (QED) is 0.811. The summed E-state index contributed by atoms with van der Waals surface area (Å²) in [6, 6.07) is 11.8. The molecule has 7 heteroatoms. The van der Waals surface area contributed by atoms with E-state index in [0.717, 1.165) is 5.56 Å². The topological polar surface area (TPSA) is 38.3 Å². The number of rotatable bonds is 6. The summed E-state index contributed by atoms with van der Waals surface area (Å²) >= 11 is 0. The number of hydrogen-bond donors (Lipinski definition) is 1. The molecule has 128 valence electrons. The molecule has 2 aromatic carbocycles. The number of benzene rings is 2. The number of alkyl halides is 3. The van der Waals surface area contributed by atoms with Crippen LogP contribution in [-0.2, 0) is 17.9 Å². The van der Waals surface area contributed by atoms with Gasteiger partial charge in [-0.25, -0.2) is 4.39 Å². The molecule has 1 N–H and O–H groups in total. The summed E-state index contributed by atoms with van der Waals surface area (Å²) in [4.78, 5) is 11.9. The first kappa shape index (κ1) is 17.9. The van der Waals surface area contributed by atoms with Gasteiger partial charge in [-0.1, -0.05) is 24.3 Å². The fourth-order valence-electron chi connectivity index (χ4n) is 1.92.